The Morgan fingerprint density at radius 3 is 2.84 bits per heavy atom. The number of nitro groups is 1. The van der Waals surface area contributed by atoms with Crippen LogP contribution in [0.4, 0.5) is 11.4 Å². The highest BCUT2D eigenvalue weighted by Crippen LogP contribution is 2.22. The number of benzene rings is 1. The second kappa shape index (κ2) is 7.67. The smallest absolute Gasteiger partial charge is 0.269 e. The number of hydrogen-bond acceptors (Lipinski definition) is 6. The number of nitrogens with two attached hydrogens (primary N) is 1. The number of nitrogens with zero attached hydrogens (tertiary/aromatic N) is 2. The largest absolute Gasteiger partial charge is 0.385 e. The number of ether oxygens (including phenoxy) is 1. The van der Waals surface area contributed by atoms with Crippen molar-refractivity contribution in [2.75, 3.05) is 32.7 Å². The van der Waals surface area contributed by atoms with Crippen molar-refractivity contribution in [2.45, 2.75) is 13.0 Å². The van der Waals surface area contributed by atoms with Crippen molar-refractivity contribution in [1.29, 1.82) is 0 Å². The van der Waals surface area contributed by atoms with Gasteiger partial charge in [0.1, 0.15) is 0 Å². The Bertz CT molecular complexity index is 425. The number of non-ortho nitro benzene ring substituents is 1. The summed E-state index contributed by atoms with van der Waals surface area (Å²) in [5.74, 6) is 5.42. The molecular weight excluding hydrogens is 248 g/mol. The molecule has 1 aromatic rings. The van der Waals surface area contributed by atoms with Gasteiger partial charge in [-0.3, -0.25) is 16.0 Å². The Kier molecular flexibility index (Phi) is 6.20. The number of nitro benzene ring substituents is 1. The monoisotopic (exact) mass is 268 g/mol. The molecule has 0 fully saturated rings. The molecule has 0 bridgehead atoms. The Hall–Kier alpha value is -1.70. The maximum atomic E-state index is 10.8. The van der Waals surface area contributed by atoms with Gasteiger partial charge < -0.3 is 15.1 Å². The van der Waals surface area contributed by atoms with E-state index in [0.29, 0.717) is 18.8 Å². The first-order chi connectivity index (χ1) is 9.08. The molecule has 7 heteroatoms. The van der Waals surface area contributed by atoms with Gasteiger partial charge in [0.05, 0.1) is 10.6 Å². The lowest BCUT2D eigenvalue weighted by atomic mass is 10.1. The highest BCUT2D eigenvalue weighted by Gasteiger charge is 2.11. The van der Waals surface area contributed by atoms with Crippen LogP contribution >= 0.6 is 0 Å². The Balaban J connectivity index is 2.74. The third-order valence-corrected chi connectivity index (χ3v) is 2.78. The van der Waals surface area contributed by atoms with Gasteiger partial charge in [-0.1, -0.05) is 0 Å². The van der Waals surface area contributed by atoms with Gasteiger partial charge in [0.25, 0.3) is 5.69 Å². The normalized spacial score (nSPS) is 10.7. The van der Waals surface area contributed by atoms with Crippen molar-refractivity contribution in [2.24, 2.45) is 5.84 Å². The maximum absolute atomic E-state index is 10.8. The number of nitrogen functional groups attached to an aromatic ring is 1. The topological polar surface area (TPSA) is 93.7 Å². The first-order valence-corrected chi connectivity index (χ1v) is 6.00. The van der Waals surface area contributed by atoms with Crippen LogP contribution in [0.3, 0.4) is 0 Å². The van der Waals surface area contributed by atoms with Gasteiger partial charge in [0, 0.05) is 38.9 Å². The summed E-state index contributed by atoms with van der Waals surface area (Å²) in [4.78, 5) is 12.4. The minimum Gasteiger partial charge on any atom is -0.385 e. The van der Waals surface area contributed by atoms with Crippen molar-refractivity contribution in [3.8, 4) is 0 Å². The van der Waals surface area contributed by atoms with Gasteiger partial charge in [-0.25, -0.2) is 0 Å². The number of rotatable bonds is 8. The summed E-state index contributed by atoms with van der Waals surface area (Å²) in [7, 11) is 3.62. The molecule has 106 valence electrons. The molecule has 0 unspecified atom stereocenters. The van der Waals surface area contributed by atoms with E-state index in [4.69, 9.17) is 10.6 Å². The Labute approximate surface area is 112 Å². The van der Waals surface area contributed by atoms with E-state index in [-0.39, 0.29) is 5.69 Å². The van der Waals surface area contributed by atoms with Crippen molar-refractivity contribution < 1.29 is 9.66 Å². The minimum absolute atomic E-state index is 0.0688. The van der Waals surface area contributed by atoms with Gasteiger partial charge in [0.2, 0.25) is 0 Å². The molecule has 19 heavy (non-hydrogen) atoms. The fraction of sp³-hybridized carbons (Fsp3) is 0.500. The average molecular weight is 268 g/mol. The molecule has 0 spiro atoms. The number of hydrazine groups is 1. The molecule has 0 radical (unpaired) electrons. The van der Waals surface area contributed by atoms with Crippen LogP contribution in [-0.2, 0) is 11.3 Å². The summed E-state index contributed by atoms with van der Waals surface area (Å²) < 4.78 is 4.99. The molecule has 0 saturated carbocycles. The first-order valence-electron chi connectivity index (χ1n) is 6.00. The Morgan fingerprint density at radius 2 is 2.26 bits per heavy atom. The summed E-state index contributed by atoms with van der Waals surface area (Å²) in [6.07, 6.45) is 0.910. The van der Waals surface area contributed by atoms with E-state index in [2.05, 4.69) is 10.3 Å². The molecule has 0 heterocycles. The van der Waals surface area contributed by atoms with Crippen LogP contribution in [0.25, 0.3) is 0 Å². The molecule has 0 aliphatic carbocycles. The van der Waals surface area contributed by atoms with Gasteiger partial charge in [-0.15, -0.1) is 0 Å². The molecule has 0 saturated heterocycles. The zero-order valence-corrected chi connectivity index (χ0v) is 11.3. The van der Waals surface area contributed by atoms with Gasteiger partial charge in [0.15, 0.2) is 0 Å². The standard InChI is InChI=1S/C12H20N4O3/c1-15(6-3-7-19-2)9-10-8-11(16(17)18)4-5-12(10)14-13/h4-5,8,14H,3,6-7,9,13H2,1-2H3. The van der Waals surface area contributed by atoms with Gasteiger partial charge in [-0.2, -0.15) is 0 Å². The zero-order valence-electron chi connectivity index (χ0n) is 11.3. The molecule has 1 rings (SSSR count). The molecule has 0 aliphatic rings. The highest BCUT2D eigenvalue weighted by molar-refractivity contribution is 5.55. The number of hydrogen-bond donors (Lipinski definition) is 2. The quantitative estimate of drug-likeness (QED) is 0.320. The summed E-state index contributed by atoms with van der Waals surface area (Å²) >= 11 is 0. The van der Waals surface area contributed by atoms with E-state index in [1.807, 2.05) is 7.05 Å². The number of nitrogens with one attached hydrogen (secondary N) is 1. The summed E-state index contributed by atoms with van der Waals surface area (Å²) in [5.41, 5.74) is 4.13. The van der Waals surface area contributed by atoms with E-state index >= 15 is 0 Å². The third-order valence-electron chi connectivity index (χ3n) is 2.78. The summed E-state index contributed by atoms with van der Waals surface area (Å²) in [6, 6.07) is 4.60. The van der Waals surface area contributed by atoms with Crippen LogP contribution in [0.1, 0.15) is 12.0 Å². The highest BCUT2D eigenvalue weighted by atomic mass is 16.6. The predicted molar refractivity (Wildman–Crippen MR) is 73.7 cm³/mol. The van der Waals surface area contributed by atoms with Crippen molar-refractivity contribution in [1.82, 2.24) is 4.90 Å². The van der Waals surface area contributed by atoms with Crippen LogP contribution in [0, 0.1) is 10.1 Å². The van der Waals surface area contributed by atoms with E-state index in [1.165, 1.54) is 6.07 Å². The second-order valence-corrected chi connectivity index (χ2v) is 4.33. The molecule has 3 N–H and O–H groups in total. The van der Waals surface area contributed by atoms with Crippen LogP contribution in [0.2, 0.25) is 0 Å². The van der Waals surface area contributed by atoms with E-state index in [1.54, 1.807) is 19.2 Å². The molecular formula is C12H20N4O3. The third kappa shape index (κ3) is 4.82. The summed E-state index contributed by atoms with van der Waals surface area (Å²) in [6.45, 7) is 2.13. The van der Waals surface area contributed by atoms with Crippen LogP contribution in [-0.4, -0.2) is 37.1 Å². The zero-order chi connectivity index (χ0) is 14.3. The van der Waals surface area contributed by atoms with Crippen molar-refractivity contribution in [3.63, 3.8) is 0 Å². The lowest BCUT2D eigenvalue weighted by Crippen LogP contribution is -2.21. The van der Waals surface area contributed by atoms with E-state index in [9.17, 15) is 10.1 Å². The minimum atomic E-state index is -0.408. The fourth-order valence-electron chi connectivity index (χ4n) is 1.81. The molecule has 0 amide bonds. The lowest BCUT2D eigenvalue weighted by Gasteiger charge is -2.18. The van der Waals surface area contributed by atoms with Crippen molar-refractivity contribution >= 4 is 11.4 Å². The predicted octanol–water partition coefficient (Wildman–Crippen LogP) is 1.35. The summed E-state index contributed by atoms with van der Waals surface area (Å²) in [5, 5.41) is 10.8. The van der Waals surface area contributed by atoms with Crippen LogP contribution in [0.5, 0.6) is 0 Å². The van der Waals surface area contributed by atoms with Crippen molar-refractivity contribution in [3.05, 3.63) is 33.9 Å². The molecule has 0 atom stereocenters. The fourth-order valence-corrected chi connectivity index (χ4v) is 1.81. The van der Waals surface area contributed by atoms with E-state index in [0.717, 1.165) is 18.5 Å². The van der Waals surface area contributed by atoms with E-state index < -0.39 is 4.92 Å². The average Bonchev–Trinajstić information content (AvgIpc) is 2.38. The maximum Gasteiger partial charge on any atom is 0.269 e. The second-order valence-electron chi connectivity index (χ2n) is 4.33. The SMILES string of the molecule is COCCCN(C)Cc1cc([N+](=O)[O-])ccc1NN. The van der Waals surface area contributed by atoms with Gasteiger partial charge in [-0.05, 0) is 25.1 Å². The van der Waals surface area contributed by atoms with Gasteiger partial charge >= 0.3 is 0 Å². The molecule has 7 nitrogen and oxygen atoms in total. The Morgan fingerprint density at radius 1 is 1.53 bits per heavy atom. The van der Waals surface area contributed by atoms with Crippen LogP contribution in [0.15, 0.2) is 18.2 Å². The van der Waals surface area contributed by atoms with Crippen LogP contribution < -0.4 is 11.3 Å². The number of anilines is 1. The first kappa shape index (κ1) is 15.4. The molecule has 1 aromatic carbocycles. The molecule has 0 aliphatic heterocycles. The lowest BCUT2D eigenvalue weighted by molar-refractivity contribution is -0.384. The number of methoxy groups -OCH3 is 1. The molecule has 0 aromatic heterocycles.